The number of morpholine rings is 1. The number of benzene rings is 2. The second kappa shape index (κ2) is 7.78. The minimum atomic E-state index is -0.224. The number of hydrogen-bond acceptors (Lipinski definition) is 4. The first-order valence-electron chi connectivity index (χ1n) is 9.26. The largest absolute Gasteiger partial charge is 0.378 e. The van der Waals surface area contributed by atoms with E-state index in [4.69, 9.17) is 4.74 Å². The molecule has 2 aromatic carbocycles. The highest BCUT2D eigenvalue weighted by atomic mass is 16.5. The lowest BCUT2D eigenvalue weighted by Crippen LogP contribution is -2.40. The first kappa shape index (κ1) is 18.1. The number of nitrogens with zero attached hydrogens (tertiary/aromatic N) is 2. The van der Waals surface area contributed by atoms with E-state index in [2.05, 4.69) is 10.3 Å². The average molecular weight is 375 g/mol. The quantitative estimate of drug-likeness (QED) is 0.763. The average Bonchev–Trinajstić information content (AvgIpc) is 2.73. The van der Waals surface area contributed by atoms with Crippen molar-refractivity contribution in [2.45, 2.75) is 6.92 Å². The Morgan fingerprint density at radius 3 is 2.64 bits per heavy atom. The van der Waals surface area contributed by atoms with E-state index in [0.717, 1.165) is 16.6 Å². The molecule has 0 unspecified atom stereocenters. The molecule has 0 radical (unpaired) electrons. The van der Waals surface area contributed by atoms with Gasteiger partial charge in [0.2, 0.25) is 0 Å². The summed E-state index contributed by atoms with van der Waals surface area (Å²) in [4.78, 5) is 31.8. The van der Waals surface area contributed by atoms with Crippen LogP contribution in [0.5, 0.6) is 0 Å². The van der Waals surface area contributed by atoms with Crippen molar-refractivity contribution in [2.24, 2.45) is 0 Å². The van der Waals surface area contributed by atoms with E-state index in [9.17, 15) is 9.59 Å². The van der Waals surface area contributed by atoms with Gasteiger partial charge in [0.15, 0.2) is 0 Å². The Bertz CT molecular complexity index is 1040. The van der Waals surface area contributed by atoms with Crippen molar-refractivity contribution in [1.29, 1.82) is 0 Å². The summed E-state index contributed by atoms with van der Waals surface area (Å²) in [5, 5.41) is 3.71. The third-order valence-electron chi connectivity index (χ3n) is 4.75. The monoisotopic (exact) mass is 375 g/mol. The number of aromatic nitrogens is 1. The van der Waals surface area contributed by atoms with Gasteiger partial charge in [-0.2, -0.15) is 0 Å². The number of carbonyl (C=O) groups excluding carboxylic acids is 2. The van der Waals surface area contributed by atoms with Crippen LogP contribution in [-0.2, 0) is 4.74 Å². The number of rotatable bonds is 3. The van der Waals surface area contributed by atoms with Gasteiger partial charge >= 0.3 is 0 Å². The minimum Gasteiger partial charge on any atom is -0.378 e. The highest BCUT2D eigenvalue weighted by Crippen LogP contribution is 2.20. The van der Waals surface area contributed by atoms with E-state index < -0.39 is 0 Å². The Labute approximate surface area is 163 Å². The molecule has 1 saturated heterocycles. The number of ether oxygens (including phenoxy) is 1. The molecule has 1 aliphatic heterocycles. The van der Waals surface area contributed by atoms with Gasteiger partial charge in [0.1, 0.15) is 0 Å². The SMILES string of the molecule is Cc1cc(C(=O)Nc2cccc(C(=O)N3CCOCC3)c2)c2ccccc2n1. The van der Waals surface area contributed by atoms with E-state index in [0.29, 0.717) is 43.1 Å². The lowest BCUT2D eigenvalue weighted by molar-refractivity contribution is 0.0303. The fourth-order valence-corrected chi connectivity index (χ4v) is 3.37. The molecule has 0 saturated carbocycles. The molecular weight excluding hydrogens is 354 g/mol. The topological polar surface area (TPSA) is 71.5 Å². The van der Waals surface area contributed by atoms with E-state index in [1.54, 1.807) is 35.2 Å². The zero-order valence-corrected chi connectivity index (χ0v) is 15.6. The molecule has 0 spiro atoms. The van der Waals surface area contributed by atoms with Crippen molar-refractivity contribution >= 4 is 28.4 Å². The van der Waals surface area contributed by atoms with Crippen LogP contribution < -0.4 is 5.32 Å². The Hall–Kier alpha value is -3.25. The number of pyridine rings is 1. The van der Waals surface area contributed by atoms with Gasteiger partial charge in [-0.1, -0.05) is 24.3 Å². The summed E-state index contributed by atoms with van der Waals surface area (Å²) in [5.74, 6) is -0.276. The third-order valence-corrected chi connectivity index (χ3v) is 4.75. The van der Waals surface area contributed by atoms with Crippen LogP contribution in [0, 0.1) is 6.92 Å². The standard InChI is InChI=1S/C22H21N3O3/c1-15-13-19(18-7-2-3-8-20(18)23-15)21(26)24-17-6-4-5-16(14-17)22(27)25-9-11-28-12-10-25/h2-8,13-14H,9-12H2,1H3,(H,24,26). The van der Waals surface area contributed by atoms with Crippen molar-refractivity contribution in [2.75, 3.05) is 31.6 Å². The van der Waals surface area contributed by atoms with E-state index in [1.807, 2.05) is 31.2 Å². The van der Waals surface area contributed by atoms with Crippen LogP contribution >= 0.6 is 0 Å². The zero-order valence-electron chi connectivity index (χ0n) is 15.6. The molecule has 6 heteroatoms. The first-order valence-corrected chi connectivity index (χ1v) is 9.26. The highest BCUT2D eigenvalue weighted by Gasteiger charge is 2.19. The van der Waals surface area contributed by atoms with Gasteiger partial charge in [-0.05, 0) is 37.3 Å². The fourth-order valence-electron chi connectivity index (χ4n) is 3.37. The minimum absolute atomic E-state index is 0.0513. The number of hydrogen-bond donors (Lipinski definition) is 1. The Morgan fingerprint density at radius 1 is 1.04 bits per heavy atom. The zero-order chi connectivity index (χ0) is 19.5. The summed E-state index contributed by atoms with van der Waals surface area (Å²) in [6.07, 6.45) is 0. The maximum Gasteiger partial charge on any atom is 0.256 e. The Kier molecular flexibility index (Phi) is 5.04. The van der Waals surface area contributed by atoms with Gasteiger partial charge < -0.3 is 15.0 Å². The molecule has 28 heavy (non-hydrogen) atoms. The van der Waals surface area contributed by atoms with Gasteiger partial charge in [0, 0.05) is 35.4 Å². The number of fused-ring (bicyclic) bond motifs is 1. The summed E-state index contributed by atoms with van der Waals surface area (Å²) in [6.45, 7) is 4.13. The number of aryl methyl sites for hydroxylation is 1. The number of anilines is 1. The molecule has 1 N–H and O–H groups in total. The fraction of sp³-hybridized carbons (Fsp3) is 0.227. The van der Waals surface area contributed by atoms with Crippen molar-refractivity contribution in [3.8, 4) is 0 Å². The summed E-state index contributed by atoms with van der Waals surface area (Å²) in [5.41, 5.74) is 3.26. The number of amides is 2. The van der Waals surface area contributed by atoms with Crippen molar-refractivity contribution in [1.82, 2.24) is 9.88 Å². The van der Waals surface area contributed by atoms with Crippen LogP contribution in [0.2, 0.25) is 0 Å². The highest BCUT2D eigenvalue weighted by molar-refractivity contribution is 6.12. The molecule has 0 bridgehead atoms. The normalized spacial score (nSPS) is 14.1. The van der Waals surface area contributed by atoms with Gasteiger partial charge in [0.25, 0.3) is 11.8 Å². The second-order valence-electron chi connectivity index (χ2n) is 6.77. The van der Waals surface area contributed by atoms with E-state index in [-0.39, 0.29) is 11.8 Å². The molecule has 1 fully saturated rings. The first-order chi connectivity index (χ1) is 13.6. The summed E-state index contributed by atoms with van der Waals surface area (Å²) >= 11 is 0. The summed E-state index contributed by atoms with van der Waals surface area (Å²) in [6, 6.07) is 16.4. The van der Waals surface area contributed by atoms with Crippen LogP contribution in [0.3, 0.4) is 0 Å². The van der Waals surface area contributed by atoms with Gasteiger partial charge in [-0.3, -0.25) is 14.6 Å². The lowest BCUT2D eigenvalue weighted by Gasteiger charge is -2.27. The molecule has 0 atom stereocenters. The molecular formula is C22H21N3O3. The Balaban J connectivity index is 1.58. The summed E-state index contributed by atoms with van der Waals surface area (Å²) in [7, 11) is 0. The molecule has 4 rings (SSSR count). The molecule has 1 aliphatic rings. The predicted octanol–water partition coefficient (Wildman–Crippen LogP) is 3.27. The maximum atomic E-state index is 12.9. The van der Waals surface area contributed by atoms with E-state index in [1.165, 1.54) is 0 Å². The molecule has 6 nitrogen and oxygen atoms in total. The Morgan fingerprint density at radius 2 is 1.82 bits per heavy atom. The smallest absolute Gasteiger partial charge is 0.256 e. The maximum absolute atomic E-state index is 12.9. The number of para-hydroxylation sites is 1. The third kappa shape index (κ3) is 3.73. The number of nitrogens with one attached hydrogen (secondary N) is 1. The van der Waals surface area contributed by atoms with Crippen LogP contribution in [0.25, 0.3) is 10.9 Å². The van der Waals surface area contributed by atoms with Crippen molar-refractivity contribution in [3.63, 3.8) is 0 Å². The predicted molar refractivity (Wildman–Crippen MR) is 108 cm³/mol. The summed E-state index contributed by atoms with van der Waals surface area (Å²) < 4.78 is 5.30. The molecule has 142 valence electrons. The molecule has 2 heterocycles. The number of carbonyl (C=O) groups is 2. The molecule has 2 amide bonds. The van der Waals surface area contributed by atoms with E-state index >= 15 is 0 Å². The van der Waals surface area contributed by atoms with Crippen LogP contribution in [-0.4, -0.2) is 48.0 Å². The second-order valence-corrected chi connectivity index (χ2v) is 6.77. The van der Waals surface area contributed by atoms with Crippen LogP contribution in [0.15, 0.2) is 54.6 Å². The molecule has 3 aromatic rings. The van der Waals surface area contributed by atoms with Gasteiger partial charge in [-0.15, -0.1) is 0 Å². The van der Waals surface area contributed by atoms with Crippen LogP contribution in [0.1, 0.15) is 26.4 Å². The lowest BCUT2D eigenvalue weighted by atomic mass is 10.1. The van der Waals surface area contributed by atoms with Gasteiger partial charge in [0.05, 0.1) is 24.3 Å². The van der Waals surface area contributed by atoms with Crippen LogP contribution in [0.4, 0.5) is 5.69 Å². The molecule has 1 aromatic heterocycles. The van der Waals surface area contributed by atoms with Crippen molar-refractivity contribution < 1.29 is 14.3 Å². The van der Waals surface area contributed by atoms with Gasteiger partial charge in [-0.25, -0.2) is 0 Å². The molecule has 0 aliphatic carbocycles. The van der Waals surface area contributed by atoms with Crippen molar-refractivity contribution in [3.05, 3.63) is 71.4 Å².